The van der Waals surface area contributed by atoms with E-state index in [0.717, 1.165) is 21.5 Å². The van der Waals surface area contributed by atoms with Crippen molar-refractivity contribution >= 4 is 33.3 Å². The highest BCUT2D eigenvalue weighted by Gasteiger charge is 2.10. The van der Waals surface area contributed by atoms with E-state index in [9.17, 15) is 4.79 Å². The molecule has 6 heteroatoms. The van der Waals surface area contributed by atoms with E-state index >= 15 is 0 Å². The molecule has 0 fully saturated rings. The number of imidazole rings is 1. The zero-order chi connectivity index (χ0) is 15.5. The lowest BCUT2D eigenvalue weighted by Crippen LogP contribution is -2.14. The van der Waals surface area contributed by atoms with E-state index in [1.807, 2.05) is 41.8 Å². The first-order chi connectivity index (χ1) is 10.6. The number of hydrogen-bond acceptors (Lipinski definition) is 3. The summed E-state index contributed by atoms with van der Waals surface area (Å²) in [6.45, 7) is 1.97. The van der Waals surface area contributed by atoms with Gasteiger partial charge in [0.2, 0.25) is 5.91 Å². The molecule has 0 aromatic carbocycles. The zero-order valence-corrected chi connectivity index (χ0v) is 13.7. The van der Waals surface area contributed by atoms with Crippen LogP contribution in [0.4, 0.5) is 5.82 Å². The summed E-state index contributed by atoms with van der Waals surface area (Å²) in [5.74, 6) is 0.503. The lowest BCUT2D eigenvalue weighted by atomic mass is 10.2. The van der Waals surface area contributed by atoms with Crippen LogP contribution in [0.15, 0.2) is 47.2 Å². The molecule has 0 bridgehead atoms. The molecule has 0 aliphatic carbocycles. The molecule has 3 aromatic rings. The predicted molar refractivity (Wildman–Crippen MR) is 88.8 cm³/mol. The number of amides is 1. The van der Waals surface area contributed by atoms with Gasteiger partial charge in [0.1, 0.15) is 11.5 Å². The second-order valence-electron chi connectivity index (χ2n) is 4.98. The molecule has 0 spiro atoms. The van der Waals surface area contributed by atoms with Gasteiger partial charge in [-0.3, -0.25) is 4.79 Å². The van der Waals surface area contributed by atoms with Crippen molar-refractivity contribution in [3.8, 4) is 0 Å². The number of aryl methyl sites for hydroxylation is 2. The standard InChI is InChI=1S/C16H15BrN4O/c1-11-13(21-9-3-2-4-15(21)19-11)6-8-16(22)20-14-7-5-12(17)10-18-14/h2-5,7,9-10H,6,8H2,1H3,(H,18,20,22). The maximum absolute atomic E-state index is 12.0. The summed E-state index contributed by atoms with van der Waals surface area (Å²) in [6, 6.07) is 9.49. The van der Waals surface area contributed by atoms with Crippen molar-refractivity contribution in [2.75, 3.05) is 5.32 Å². The lowest BCUT2D eigenvalue weighted by Gasteiger charge is -2.05. The Morgan fingerprint density at radius 2 is 2.18 bits per heavy atom. The Bertz CT molecular complexity index is 811. The predicted octanol–water partition coefficient (Wildman–Crippen LogP) is 3.37. The highest BCUT2D eigenvalue weighted by Crippen LogP contribution is 2.15. The number of fused-ring (bicyclic) bond motifs is 1. The van der Waals surface area contributed by atoms with Crippen molar-refractivity contribution in [3.63, 3.8) is 0 Å². The Morgan fingerprint density at radius 3 is 2.95 bits per heavy atom. The summed E-state index contributed by atoms with van der Waals surface area (Å²) in [7, 11) is 0. The first-order valence-corrected chi connectivity index (χ1v) is 7.77. The molecule has 0 unspecified atom stereocenters. The zero-order valence-electron chi connectivity index (χ0n) is 12.1. The van der Waals surface area contributed by atoms with E-state index in [-0.39, 0.29) is 5.91 Å². The summed E-state index contributed by atoms with van der Waals surface area (Å²) in [6.07, 6.45) is 4.66. The van der Waals surface area contributed by atoms with Gasteiger partial charge in [-0.1, -0.05) is 6.07 Å². The number of pyridine rings is 2. The molecule has 5 nitrogen and oxygen atoms in total. The van der Waals surface area contributed by atoms with Crippen LogP contribution in [0.5, 0.6) is 0 Å². The van der Waals surface area contributed by atoms with Crippen LogP contribution < -0.4 is 5.32 Å². The van der Waals surface area contributed by atoms with Gasteiger partial charge in [0.25, 0.3) is 0 Å². The van der Waals surface area contributed by atoms with Gasteiger partial charge in [-0.05, 0) is 53.5 Å². The molecule has 0 aliphatic heterocycles. The summed E-state index contributed by atoms with van der Waals surface area (Å²) in [4.78, 5) is 20.7. The highest BCUT2D eigenvalue weighted by molar-refractivity contribution is 9.10. The van der Waals surface area contributed by atoms with Crippen molar-refractivity contribution in [1.82, 2.24) is 14.4 Å². The van der Waals surface area contributed by atoms with Gasteiger partial charge in [-0.15, -0.1) is 0 Å². The van der Waals surface area contributed by atoms with Crippen LogP contribution in [-0.2, 0) is 11.2 Å². The second kappa shape index (κ2) is 6.27. The minimum atomic E-state index is -0.0555. The van der Waals surface area contributed by atoms with Crippen LogP contribution in [0.3, 0.4) is 0 Å². The summed E-state index contributed by atoms with van der Waals surface area (Å²) >= 11 is 3.31. The van der Waals surface area contributed by atoms with E-state index in [4.69, 9.17) is 0 Å². The van der Waals surface area contributed by atoms with E-state index in [0.29, 0.717) is 18.7 Å². The highest BCUT2D eigenvalue weighted by atomic mass is 79.9. The van der Waals surface area contributed by atoms with Crippen LogP contribution in [-0.4, -0.2) is 20.3 Å². The topological polar surface area (TPSA) is 59.3 Å². The van der Waals surface area contributed by atoms with Gasteiger partial charge in [0, 0.05) is 29.0 Å². The average Bonchev–Trinajstić information content (AvgIpc) is 2.83. The minimum Gasteiger partial charge on any atom is -0.311 e. The minimum absolute atomic E-state index is 0.0555. The van der Waals surface area contributed by atoms with Crippen LogP contribution in [0, 0.1) is 6.92 Å². The van der Waals surface area contributed by atoms with Crippen molar-refractivity contribution in [2.24, 2.45) is 0 Å². The van der Waals surface area contributed by atoms with E-state index in [1.54, 1.807) is 12.3 Å². The molecule has 112 valence electrons. The fourth-order valence-electron chi connectivity index (χ4n) is 2.35. The molecule has 0 saturated heterocycles. The van der Waals surface area contributed by atoms with Gasteiger partial charge in [-0.25, -0.2) is 9.97 Å². The van der Waals surface area contributed by atoms with Crippen LogP contribution in [0.25, 0.3) is 5.65 Å². The molecular formula is C16H15BrN4O. The Labute approximate surface area is 136 Å². The van der Waals surface area contributed by atoms with Gasteiger partial charge in [0.15, 0.2) is 0 Å². The quantitative estimate of drug-likeness (QED) is 0.777. The van der Waals surface area contributed by atoms with Gasteiger partial charge in [-0.2, -0.15) is 0 Å². The van der Waals surface area contributed by atoms with Crippen molar-refractivity contribution in [2.45, 2.75) is 19.8 Å². The molecular weight excluding hydrogens is 344 g/mol. The van der Waals surface area contributed by atoms with Gasteiger partial charge >= 0.3 is 0 Å². The molecule has 1 amide bonds. The number of nitrogens with zero attached hydrogens (tertiary/aromatic N) is 3. The third-order valence-electron chi connectivity index (χ3n) is 3.41. The van der Waals surface area contributed by atoms with E-state index in [1.165, 1.54) is 0 Å². The Morgan fingerprint density at radius 1 is 1.32 bits per heavy atom. The molecule has 0 saturated carbocycles. The summed E-state index contributed by atoms with van der Waals surface area (Å²) in [5.41, 5.74) is 2.93. The number of aromatic nitrogens is 3. The third-order valence-corrected chi connectivity index (χ3v) is 3.88. The molecule has 0 aliphatic rings. The molecule has 0 radical (unpaired) electrons. The smallest absolute Gasteiger partial charge is 0.225 e. The second-order valence-corrected chi connectivity index (χ2v) is 5.90. The first kappa shape index (κ1) is 14.7. The normalized spacial score (nSPS) is 10.8. The largest absolute Gasteiger partial charge is 0.311 e. The van der Waals surface area contributed by atoms with Gasteiger partial charge < -0.3 is 9.72 Å². The fourth-order valence-corrected chi connectivity index (χ4v) is 2.59. The average molecular weight is 359 g/mol. The van der Waals surface area contributed by atoms with E-state index in [2.05, 4.69) is 31.2 Å². The van der Waals surface area contributed by atoms with Gasteiger partial charge in [0.05, 0.1) is 5.69 Å². The Hall–Kier alpha value is -2.21. The number of halogens is 1. The SMILES string of the molecule is Cc1nc2ccccn2c1CCC(=O)Nc1ccc(Br)cn1. The number of hydrogen-bond donors (Lipinski definition) is 1. The first-order valence-electron chi connectivity index (χ1n) is 6.97. The number of anilines is 1. The van der Waals surface area contributed by atoms with E-state index < -0.39 is 0 Å². The third kappa shape index (κ3) is 3.17. The lowest BCUT2D eigenvalue weighted by molar-refractivity contribution is -0.116. The summed E-state index contributed by atoms with van der Waals surface area (Å²) in [5, 5.41) is 2.80. The summed E-state index contributed by atoms with van der Waals surface area (Å²) < 4.78 is 2.91. The number of nitrogens with one attached hydrogen (secondary N) is 1. The van der Waals surface area contributed by atoms with Crippen molar-refractivity contribution < 1.29 is 4.79 Å². The number of carbonyl (C=O) groups excluding carboxylic acids is 1. The van der Waals surface area contributed by atoms with Crippen molar-refractivity contribution in [3.05, 3.63) is 58.6 Å². The monoisotopic (exact) mass is 358 g/mol. The molecule has 3 rings (SSSR count). The van der Waals surface area contributed by atoms with Crippen LogP contribution >= 0.6 is 15.9 Å². The molecule has 3 aromatic heterocycles. The van der Waals surface area contributed by atoms with Crippen LogP contribution in [0.2, 0.25) is 0 Å². The number of carbonyl (C=O) groups is 1. The maximum atomic E-state index is 12.0. The van der Waals surface area contributed by atoms with Crippen molar-refractivity contribution in [1.29, 1.82) is 0 Å². The Kier molecular flexibility index (Phi) is 4.20. The molecule has 1 N–H and O–H groups in total. The molecule has 3 heterocycles. The molecule has 0 atom stereocenters. The maximum Gasteiger partial charge on any atom is 0.225 e. The number of rotatable bonds is 4. The Balaban J connectivity index is 1.67. The molecule has 22 heavy (non-hydrogen) atoms. The van der Waals surface area contributed by atoms with Crippen LogP contribution in [0.1, 0.15) is 17.8 Å². The fraction of sp³-hybridized carbons (Fsp3) is 0.188.